The van der Waals surface area contributed by atoms with Crippen molar-refractivity contribution in [1.29, 1.82) is 0 Å². The van der Waals surface area contributed by atoms with E-state index in [2.05, 4.69) is 49.5 Å². The quantitative estimate of drug-likeness (QED) is 0.216. The van der Waals surface area contributed by atoms with Gasteiger partial charge in [-0.2, -0.15) is 15.1 Å². The minimum atomic E-state index is 0.369. The Morgan fingerprint density at radius 1 is 1.12 bits per heavy atom. The third-order valence-corrected chi connectivity index (χ3v) is 4.58. The molecule has 0 amide bonds. The first-order chi connectivity index (χ1) is 15.7. The van der Waals surface area contributed by atoms with E-state index < -0.39 is 0 Å². The molecule has 0 fully saturated rings. The van der Waals surface area contributed by atoms with Crippen LogP contribution in [0.4, 0.5) is 11.5 Å². The predicted octanol–water partition coefficient (Wildman–Crippen LogP) is 4.65. The van der Waals surface area contributed by atoms with Gasteiger partial charge in [0.05, 0.1) is 17.6 Å². The van der Waals surface area contributed by atoms with E-state index in [4.69, 9.17) is 4.74 Å². The lowest BCUT2D eigenvalue weighted by atomic mass is 10.2. The van der Waals surface area contributed by atoms with Crippen LogP contribution in [0.3, 0.4) is 0 Å². The standard InChI is InChI=1S/C22H31N7O.C2H6/c1-4-11-29(12-5-2)21-14-17(26-22(27-21)30-13-10-23-3)15-25-28-20-16-24-19-9-7-6-8-18(19)20;1-2/h6-9,14-16,23-24,28H,4-5,10-13H2,1-3H3;1-2H3/b25-15+;. The second kappa shape index (κ2) is 14.0. The van der Waals surface area contributed by atoms with Crippen LogP contribution in [0.25, 0.3) is 10.9 Å². The molecule has 0 unspecified atom stereocenters. The van der Waals surface area contributed by atoms with Gasteiger partial charge >= 0.3 is 6.01 Å². The van der Waals surface area contributed by atoms with E-state index in [0.717, 1.165) is 54.9 Å². The maximum absolute atomic E-state index is 5.75. The van der Waals surface area contributed by atoms with Gasteiger partial charge in [-0.15, -0.1) is 0 Å². The highest BCUT2D eigenvalue weighted by molar-refractivity contribution is 5.92. The van der Waals surface area contributed by atoms with Crippen LogP contribution in [0.1, 0.15) is 46.2 Å². The van der Waals surface area contributed by atoms with Gasteiger partial charge in [-0.3, -0.25) is 5.43 Å². The third kappa shape index (κ3) is 7.23. The molecule has 0 bridgehead atoms. The Labute approximate surface area is 191 Å². The summed E-state index contributed by atoms with van der Waals surface area (Å²) in [5.41, 5.74) is 5.78. The van der Waals surface area contributed by atoms with Gasteiger partial charge in [-0.25, -0.2) is 0 Å². The molecule has 3 N–H and O–H groups in total. The fourth-order valence-electron chi connectivity index (χ4n) is 3.18. The highest BCUT2D eigenvalue weighted by Crippen LogP contribution is 2.22. The summed E-state index contributed by atoms with van der Waals surface area (Å²) in [6.45, 7) is 11.4. The van der Waals surface area contributed by atoms with E-state index in [-0.39, 0.29) is 0 Å². The second-order valence-corrected chi connectivity index (χ2v) is 6.99. The SMILES string of the molecule is CC.CCCN(CCC)c1cc(/C=N/Nc2c[nH]c3ccccc23)nc(OCCNC)n1. The van der Waals surface area contributed by atoms with Crippen LogP contribution in [-0.4, -0.2) is 54.5 Å². The summed E-state index contributed by atoms with van der Waals surface area (Å²) in [6, 6.07) is 10.4. The van der Waals surface area contributed by atoms with Gasteiger partial charge in [0, 0.05) is 42.8 Å². The molecule has 0 aliphatic carbocycles. The van der Waals surface area contributed by atoms with Crippen LogP contribution in [0.2, 0.25) is 0 Å². The molecule has 8 heteroatoms. The van der Waals surface area contributed by atoms with Crippen molar-refractivity contribution in [2.45, 2.75) is 40.5 Å². The Morgan fingerprint density at radius 2 is 1.88 bits per heavy atom. The predicted molar refractivity (Wildman–Crippen MR) is 135 cm³/mol. The number of benzene rings is 1. The van der Waals surface area contributed by atoms with E-state index in [1.54, 1.807) is 6.21 Å². The number of anilines is 2. The molecule has 3 rings (SSSR count). The number of para-hydroxylation sites is 1. The smallest absolute Gasteiger partial charge is 0.319 e. The van der Waals surface area contributed by atoms with Gasteiger partial charge in [0.2, 0.25) is 0 Å². The number of hydrogen-bond donors (Lipinski definition) is 3. The van der Waals surface area contributed by atoms with Crippen LogP contribution < -0.4 is 20.4 Å². The number of hydrogen-bond acceptors (Lipinski definition) is 7. The number of H-pyrrole nitrogens is 1. The number of likely N-dealkylation sites (N-methyl/N-ethyl adjacent to an activating group) is 1. The van der Waals surface area contributed by atoms with Crippen molar-refractivity contribution in [2.24, 2.45) is 5.10 Å². The second-order valence-electron chi connectivity index (χ2n) is 6.99. The molecular formula is C24H37N7O. The summed E-state index contributed by atoms with van der Waals surface area (Å²) in [6.07, 6.45) is 5.70. The van der Waals surface area contributed by atoms with Gasteiger partial charge < -0.3 is 19.9 Å². The summed E-state index contributed by atoms with van der Waals surface area (Å²) in [7, 11) is 1.89. The highest BCUT2D eigenvalue weighted by Gasteiger charge is 2.11. The minimum Gasteiger partial charge on any atom is -0.462 e. The number of nitrogens with zero attached hydrogens (tertiary/aromatic N) is 4. The normalized spacial score (nSPS) is 10.8. The number of aromatic nitrogens is 3. The molecule has 0 aliphatic heterocycles. The Bertz CT molecular complexity index is 948. The Kier molecular flexibility index (Phi) is 11.0. The lowest BCUT2D eigenvalue weighted by Crippen LogP contribution is -2.26. The Morgan fingerprint density at radius 3 is 2.59 bits per heavy atom. The molecule has 0 aliphatic rings. The summed E-state index contributed by atoms with van der Waals surface area (Å²) in [4.78, 5) is 14.6. The van der Waals surface area contributed by atoms with Crippen LogP contribution in [0.15, 0.2) is 41.6 Å². The number of hydrazone groups is 1. The summed E-state index contributed by atoms with van der Waals surface area (Å²) in [5, 5.41) is 8.55. The highest BCUT2D eigenvalue weighted by atomic mass is 16.5. The van der Waals surface area contributed by atoms with Crippen LogP contribution in [0, 0.1) is 0 Å². The molecule has 2 heterocycles. The lowest BCUT2D eigenvalue weighted by Gasteiger charge is -2.23. The zero-order valence-electron chi connectivity index (χ0n) is 20.0. The number of rotatable bonds is 12. The van der Waals surface area contributed by atoms with Gasteiger partial charge in [-0.05, 0) is 26.0 Å². The molecule has 3 aromatic rings. The molecule has 2 aromatic heterocycles. The first-order valence-corrected chi connectivity index (χ1v) is 11.5. The topological polar surface area (TPSA) is 90.5 Å². The van der Waals surface area contributed by atoms with Gasteiger partial charge in [0.25, 0.3) is 0 Å². The van der Waals surface area contributed by atoms with Crippen molar-refractivity contribution < 1.29 is 4.74 Å². The summed E-state index contributed by atoms with van der Waals surface area (Å²) < 4.78 is 5.75. The molecule has 1 aromatic carbocycles. The number of aromatic amines is 1. The zero-order chi connectivity index (χ0) is 23.2. The number of fused-ring (bicyclic) bond motifs is 1. The molecule has 8 nitrogen and oxygen atoms in total. The summed E-state index contributed by atoms with van der Waals surface area (Å²) in [5.74, 6) is 0.863. The van der Waals surface area contributed by atoms with E-state index in [1.807, 2.05) is 57.4 Å². The monoisotopic (exact) mass is 439 g/mol. The van der Waals surface area contributed by atoms with Crippen LogP contribution in [-0.2, 0) is 0 Å². The van der Waals surface area contributed by atoms with Crippen molar-refractivity contribution in [3.8, 4) is 6.01 Å². The van der Waals surface area contributed by atoms with E-state index in [0.29, 0.717) is 18.3 Å². The van der Waals surface area contributed by atoms with Crippen molar-refractivity contribution in [1.82, 2.24) is 20.3 Å². The van der Waals surface area contributed by atoms with Crippen LogP contribution >= 0.6 is 0 Å². The van der Waals surface area contributed by atoms with Crippen molar-refractivity contribution in [2.75, 3.05) is 43.6 Å². The van der Waals surface area contributed by atoms with Gasteiger partial charge in [0.15, 0.2) is 0 Å². The fourth-order valence-corrected chi connectivity index (χ4v) is 3.18. The van der Waals surface area contributed by atoms with Crippen molar-refractivity contribution in [3.05, 3.63) is 42.2 Å². The largest absolute Gasteiger partial charge is 0.462 e. The average molecular weight is 440 g/mol. The maximum Gasteiger partial charge on any atom is 0.319 e. The molecule has 0 radical (unpaired) electrons. The van der Waals surface area contributed by atoms with Crippen molar-refractivity contribution in [3.63, 3.8) is 0 Å². The molecule has 0 atom stereocenters. The van der Waals surface area contributed by atoms with E-state index in [9.17, 15) is 0 Å². The van der Waals surface area contributed by atoms with Gasteiger partial charge in [-0.1, -0.05) is 45.9 Å². The summed E-state index contributed by atoms with van der Waals surface area (Å²) >= 11 is 0. The first-order valence-electron chi connectivity index (χ1n) is 11.5. The van der Waals surface area contributed by atoms with Crippen molar-refractivity contribution >= 4 is 28.6 Å². The molecule has 0 spiro atoms. The van der Waals surface area contributed by atoms with Gasteiger partial charge in [0.1, 0.15) is 12.4 Å². The maximum atomic E-state index is 5.75. The van der Waals surface area contributed by atoms with E-state index >= 15 is 0 Å². The Balaban J connectivity index is 0.00000176. The lowest BCUT2D eigenvalue weighted by molar-refractivity contribution is 0.293. The zero-order valence-corrected chi connectivity index (χ0v) is 20.0. The van der Waals surface area contributed by atoms with Crippen LogP contribution in [0.5, 0.6) is 6.01 Å². The third-order valence-electron chi connectivity index (χ3n) is 4.58. The fraction of sp³-hybridized carbons (Fsp3) is 0.458. The number of ether oxygens (including phenoxy) is 1. The average Bonchev–Trinajstić information content (AvgIpc) is 3.23. The molecule has 0 saturated carbocycles. The molecule has 174 valence electrons. The first kappa shape index (κ1) is 25.1. The minimum absolute atomic E-state index is 0.369. The molecular weight excluding hydrogens is 402 g/mol. The number of nitrogens with one attached hydrogen (secondary N) is 3. The molecule has 32 heavy (non-hydrogen) atoms. The molecule has 0 saturated heterocycles. The Hall–Kier alpha value is -3.13. The van der Waals surface area contributed by atoms with E-state index in [1.165, 1.54) is 0 Å².